The van der Waals surface area contributed by atoms with Gasteiger partial charge < -0.3 is 20.7 Å². The molecule has 0 fully saturated rings. The van der Waals surface area contributed by atoms with Crippen LogP contribution in [0.1, 0.15) is 18.1 Å². The molecule has 0 saturated carbocycles. The SMILES string of the molecule is COc1cccc([C@@H](O)CCN)c1O. The van der Waals surface area contributed by atoms with E-state index >= 15 is 0 Å². The quantitative estimate of drug-likeness (QED) is 0.666. The third-order valence-corrected chi connectivity index (χ3v) is 2.05. The van der Waals surface area contributed by atoms with E-state index in [0.29, 0.717) is 24.3 Å². The van der Waals surface area contributed by atoms with Gasteiger partial charge >= 0.3 is 0 Å². The molecule has 4 heteroatoms. The Balaban J connectivity index is 2.96. The van der Waals surface area contributed by atoms with Crippen LogP contribution in [0.4, 0.5) is 0 Å². The highest BCUT2D eigenvalue weighted by molar-refractivity contribution is 5.46. The molecule has 0 aliphatic carbocycles. The average Bonchev–Trinajstić information content (AvgIpc) is 2.18. The van der Waals surface area contributed by atoms with Crippen LogP contribution in [0.25, 0.3) is 0 Å². The Hall–Kier alpha value is -1.26. The van der Waals surface area contributed by atoms with E-state index in [0.717, 1.165) is 0 Å². The van der Waals surface area contributed by atoms with Crippen molar-refractivity contribution in [2.75, 3.05) is 13.7 Å². The van der Waals surface area contributed by atoms with Crippen molar-refractivity contribution in [2.45, 2.75) is 12.5 Å². The predicted molar refractivity (Wildman–Crippen MR) is 53.3 cm³/mol. The van der Waals surface area contributed by atoms with Gasteiger partial charge in [0.15, 0.2) is 11.5 Å². The summed E-state index contributed by atoms with van der Waals surface area (Å²) in [4.78, 5) is 0. The summed E-state index contributed by atoms with van der Waals surface area (Å²) in [5, 5.41) is 19.3. The highest BCUT2D eigenvalue weighted by Crippen LogP contribution is 2.34. The smallest absolute Gasteiger partial charge is 0.163 e. The lowest BCUT2D eigenvalue weighted by Gasteiger charge is -2.13. The van der Waals surface area contributed by atoms with E-state index in [9.17, 15) is 10.2 Å². The normalized spacial score (nSPS) is 12.5. The monoisotopic (exact) mass is 197 g/mol. The molecule has 0 aliphatic heterocycles. The highest BCUT2D eigenvalue weighted by atomic mass is 16.5. The maximum Gasteiger partial charge on any atom is 0.163 e. The molecule has 1 atom stereocenters. The molecule has 0 aromatic heterocycles. The average molecular weight is 197 g/mol. The topological polar surface area (TPSA) is 75.7 Å². The molecule has 1 aromatic carbocycles. The van der Waals surface area contributed by atoms with Gasteiger partial charge in [-0.1, -0.05) is 12.1 Å². The molecule has 4 N–H and O–H groups in total. The van der Waals surface area contributed by atoms with E-state index in [2.05, 4.69) is 0 Å². The molecule has 0 heterocycles. The van der Waals surface area contributed by atoms with Crippen molar-refractivity contribution in [3.8, 4) is 11.5 Å². The maximum absolute atomic E-state index is 9.66. The van der Waals surface area contributed by atoms with Crippen LogP contribution in [0, 0.1) is 0 Å². The first kappa shape index (κ1) is 10.8. The Morgan fingerprint density at radius 1 is 1.50 bits per heavy atom. The van der Waals surface area contributed by atoms with Crippen molar-refractivity contribution in [1.82, 2.24) is 0 Å². The molecule has 78 valence electrons. The Labute approximate surface area is 82.9 Å². The van der Waals surface area contributed by atoms with Crippen molar-refractivity contribution in [3.63, 3.8) is 0 Å². The fraction of sp³-hybridized carbons (Fsp3) is 0.400. The number of hydrogen-bond acceptors (Lipinski definition) is 4. The summed E-state index contributed by atoms with van der Waals surface area (Å²) < 4.78 is 4.92. The van der Waals surface area contributed by atoms with E-state index in [1.54, 1.807) is 18.2 Å². The molecular formula is C10H15NO3. The van der Waals surface area contributed by atoms with Gasteiger partial charge in [0, 0.05) is 5.56 Å². The number of hydrogen-bond donors (Lipinski definition) is 3. The highest BCUT2D eigenvalue weighted by Gasteiger charge is 2.14. The largest absolute Gasteiger partial charge is 0.504 e. The predicted octanol–water partition coefficient (Wildman–Crippen LogP) is 0.783. The minimum absolute atomic E-state index is 0.0176. The Morgan fingerprint density at radius 2 is 2.21 bits per heavy atom. The van der Waals surface area contributed by atoms with Gasteiger partial charge in [0.2, 0.25) is 0 Å². The lowest BCUT2D eigenvalue weighted by Crippen LogP contribution is -2.07. The second kappa shape index (κ2) is 4.83. The van der Waals surface area contributed by atoms with E-state index in [4.69, 9.17) is 10.5 Å². The zero-order valence-electron chi connectivity index (χ0n) is 8.10. The van der Waals surface area contributed by atoms with Gasteiger partial charge in [0.1, 0.15) is 0 Å². The third-order valence-electron chi connectivity index (χ3n) is 2.05. The lowest BCUT2D eigenvalue weighted by atomic mass is 10.1. The molecule has 1 rings (SSSR count). The summed E-state index contributed by atoms with van der Waals surface area (Å²) in [6.45, 7) is 0.373. The van der Waals surface area contributed by atoms with E-state index in [1.165, 1.54) is 7.11 Å². The van der Waals surface area contributed by atoms with Gasteiger partial charge in [-0.3, -0.25) is 0 Å². The number of rotatable bonds is 4. The minimum Gasteiger partial charge on any atom is -0.504 e. The van der Waals surface area contributed by atoms with Crippen molar-refractivity contribution >= 4 is 0 Å². The summed E-state index contributed by atoms with van der Waals surface area (Å²) in [5.41, 5.74) is 5.77. The number of para-hydroxylation sites is 1. The van der Waals surface area contributed by atoms with Gasteiger partial charge in [-0.2, -0.15) is 0 Å². The van der Waals surface area contributed by atoms with Crippen molar-refractivity contribution in [2.24, 2.45) is 5.73 Å². The number of aliphatic hydroxyl groups excluding tert-OH is 1. The van der Waals surface area contributed by atoms with Crippen LogP contribution in [-0.2, 0) is 0 Å². The van der Waals surface area contributed by atoms with Crippen LogP contribution in [0.3, 0.4) is 0 Å². The number of aromatic hydroxyl groups is 1. The molecule has 0 unspecified atom stereocenters. The first-order chi connectivity index (χ1) is 6.70. The molecule has 0 bridgehead atoms. The minimum atomic E-state index is -0.741. The van der Waals surface area contributed by atoms with E-state index in [1.807, 2.05) is 0 Å². The molecular weight excluding hydrogens is 182 g/mol. The zero-order valence-corrected chi connectivity index (χ0v) is 8.10. The van der Waals surface area contributed by atoms with Crippen molar-refractivity contribution in [1.29, 1.82) is 0 Å². The summed E-state index contributed by atoms with van der Waals surface area (Å²) in [7, 11) is 1.47. The number of aliphatic hydroxyl groups is 1. The summed E-state index contributed by atoms with van der Waals surface area (Å²) >= 11 is 0. The van der Waals surface area contributed by atoms with Gasteiger partial charge in [0.25, 0.3) is 0 Å². The summed E-state index contributed by atoms with van der Waals surface area (Å²) in [6.07, 6.45) is -0.323. The van der Waals surface area contributed by atoms with Crippen molar-refractivity contribution in [3.05, 3.63) is 23.8 Å². The van der Waals surface area contributed by atoms with Crippen molar-refractivity contribution < 1.29 is 14.9 Å². The number of phenols is 1. The Morgan fingerprint density at radius 3 is 2.79 bits per heavy atom. The van der Waals surface area contributed by atoms with Gasteiger partial charge in [-0.05, 0) is 19.0 Å². The standard InChI is InChI=1S/C10H15NO3/c1-14-9-4-2-3-7(10(9)13)8(12)5-6-11/h2-4,8,12-13H,5-6,11H2,1H3/t8-/m0/s1. The van der Waals surface area contributed by atoms with Crippen LogP contribution in [0.5, 0.6) is 11.5 Å². The number of methoxy groups -OCH3 is 1. The van der Waals surface area contributed by atoms with E-state index in [-0.39, 0.29) is 5.75 Å². The van der Waals surface area contributed by atoms with Gasteiger partial charge in [0.05, 0.1) is 13.2 Å². The van der Waals surface area contributed by atoms with Crippen LogP contribution >= 0.6 is 0 Å². The molecule has 0 spiro atoms. The Bertz CT molecular complexity index is 301. The van der Waals surface area contributed by atoms with Crippen LogP contribution in [-0.4, -0.2) is 23.9 Å². The first-order valence-corrected chi connectivity index (χ1v) is 4.44. The third kappa shape index (κ3) is 2.16. The number of benzene rings is 1. The number of nitrogens with two attached hydrogens (primary N) is 1. The fourth-order valence-electron chi connectivity index (χ4n) is 1.29. The molecule has 4 nitrogen and oxygen atoms in total. The second-order valence-electron chi connectivity index (χ2n) is 2.99. The molecule has 0 radical (unpaired) electrons. The lowest BCUT2D eigenvalue weighted by molar-refractivity contribution is 0.165. The Kier molecular flexibility index (Phi) is 3.73. The van der Waals surface area contributed by atoms with Gasteiger partial charge in [-0.25, -0.2) is 0 Å². The molecule has 0 amide bonds. The van der Waals surface area contributed by atoms with Crippen LogP contribution in [0.2, 0.25) is 0 Å². The maximum atomic E-state index is 9.66. The van der Waals surface area contributed by atoms with Gasteiger partial charge in [-0.15, -0.1) is 0 Å². The second-order valence-corrected chi connectivity index (χ2v) is 2.99. The molecule has 0 saturated heterocycles. The number of phenolic OH excluding ortho intramolecular Hbond substituents is 1. The fourth-order valence-corrected chi connectivity index (χ4v) is 1.29. The summed E-state index contributed by atoms with van der Waals surface area (Å²) in [6, 6.07) is 5.00. The zero-order chi connectivity index (χ0) is 10.6. The molecule has 0 aliphatic rings. The van der Waals surface area contributed by atoms with Crippen LogP contribution in [0.15, 0.2) is 18.2 Å². The molecule has 14 heavy (non-hydrogen) atoms. The van der Waals surface area contributed by atoms with E-state index < -0.39 is 6.10 Å². The summed E-state index contributed by atoms with van der Waals surface area (Å²) in [5.74, 6) is 0.342. The number of ether oxygens (including phenoxy) is 1. The molecule has 1 aromatic rings. The first-order valence-electron chi connectivity index (χ1n) is 4.44. The van der Waals surface area contributed by atoms with Crippen LogP contribution < -0.4 is 10.5 Å².